The first-order valence-electron chi connectivity index (χ1n) is 18.0. The van der Waals surface area contributed by atoms with E-state index in [1.54, 1.807) is 0 Å². The molecule has 0 fully saturated rings. The Morgan fingerprint density at radius 3 is 1.98 bits per heavy atom. The maximum absolute atomic E-state index is 5.51. The third-order valence-electron chi connectivity index (χ3n) is 11.4. The zero-order valence-electron chi connectivity index (χ0n) is 28.9. The molecule has 3 nitrogen and oxygen atoms in total. The summed E-state index contributed by atoms with van der Waals surface area (Å²) in [6.45, 7) is 4.74. The molecule has 0 atom stereocenters. The fraction of sp³-hybridized carbons (Fsp3) is 0.0612. The van der Waals surface area contributed by atoms with Crippen molar-refractivity contribution in [2.24, 2.45) is 0 Å². The van der Waals surface area contributed by atoms with Crippen LogP contribution < -0.4 is 0 Å². The predicted molar refractivity (Wildman–Crippen MR) is 217 cm³/mol. The Morgan fingerprint density at radius 1 is 0.500 bits per heavy atom. The van der Waals surface area contributed by atoms with Gasteiger partial charge in [0.25, 0.3) is 0 Å². The summed E-state index contributed by atoms with van der Waals surface area (Å²) < 4.78 is 2.34. The number of rotatable bonds is 3. The second-order valence-electron chi connectivity index (χ2n) is 14.6. The number of hydrogen-bond donors (Lipinski definition) is 0. The molecule has 8 aromatic carbocycles. The number of fused-ring (bicyclic) bond motifs is 12. The monoisotopic (exact) mass is 663 g/mol. The van der Waals surface area contributed by atoms with Gasteiger partial charge in [0.05, 0.1) is 22.2 Å². The van der Waals surface area contributed by atoms with Gasteiger partial charge in [0.2, 0.25) is 5.95 Å². The summed E-state index contributed by atoms with van der Waals surface area (Å²) in [4.78, 5) is 10.9. The van der Waals surface area contributed by atoms with Crippen LogP contribution in [-0.4, -0.2) is 14.5 Å². The van der Waals surface area contributed by atoms with E-state index in [-0.39, 0.29) is 5.41 Å². The fourth-order valence-electron chi connectivity index (χ4n) is 9.00. The molecule has 11 rings (SSSR count). The average Bonchev–Trinajstić information content (AvgIpc) is 3.67. The zero-order valence-corrected chi connectivity index (χ0v) is 28.9. The minimum Gasteiger partial charge on any atom is -0.277 e. The molecule has 0 saturated carbocycles. The zero-order chi connectivity index (χ0) is 34.6. The normalized spacial score (nSPS) is 13.3. The molecule has 1 aliphatic rings. The minimum atomic E-state index is -0.177. The predicted octanol–water partition coefficient (Wildman–Crippen LogP) is 12.7. The van der Waals surface area contributed by atoms with E-state index < -0.39 is 0 Å². The van der Waals surface area contributed by atoms with Crippen molar-refractivity contribution in [2.75, 3.05) is 0 Å². The molecule has 0 unspecified atom stereocenters. The second-order valence-corrected chi connectivity index (χ2v) is 14.6. The van der Waals surface area contributed by atoms with E-state index in [0.717, 1.165) is 27.7 Å². The molecule has 244 valence electrons. The lowest BCUT2D eigenvalue weighted by Gasteiger charge is -2.23. The van der Waals surface area contributed by atoms with Crippen molar-refractivity contribution in [3.05, 3.63) is 175 Å². The third kappa shape index (κ3) is 4.02. The number of benzene rings is 8. The molecule has 0 radical (unpaired) electrons. The molecular weight excluding hydrogens is 631 g/mol. The highest BCUT2D eigenvalue weighted by Gasteiger charge is 2.40. The standard InChI is InChI=1S/C49H33N3/c1-49(2)40-20-10-7-17-37(40)44-45(49)36-16-6-5-15-35(36)43-39-19-9-12-22-42(39)52(47(43)44)48-50-41-21-11-8-18-38(41)46(51-48)32-26-23-31(24-27-32)34-28-25-30-13-3-4-14-33(30)29-34/h3-29H,1-2H3. The molecule has 0 bridgehead atoms. The number of hydrogen-bond acceptors (Lipinski definition) is 2. The summed E-state index contributed by atoms with van der Waals surface area (Å²) in [6, 6.07) is 59.1. The molecule has 1 aliphatic carbocycles. The smallest absolute Gasteiger partial charge is 0.235 e. The number of para-hydroxylation sites is 2. The topological polar surface area (TPSA) is 30.7 Å². The van der Waals surface area contributed by atoms with Crippen molar-refractivity contribution in [3.8, 4) is 39.5 Å². The van der Waals surface area contributed by atoms with Crippen LogP contribution in [0.2, 0.25) is 0 Å². The molecular formula is C49H33N3. The van der Waals surface area contributed by atoms with Crippen LogP contribution in [0.1, 0.15) is 25.0 Å². The van der Waals surface area contributed by atoms with Crippen molar-refractivity contribution in [3.63, 3.8) is 0 Å². The molecule has 0 N–H and O–H groups in total. The van der Waals surface area contributed by atoms with Crippen LogP contribution in [0.15, 0.2) is 164 Å². The van der Waals surface area contributed by atoms with Crippen LogP contribution in [0.5, 0.6) is 0 Å². The van der Waals surface area contributed by atoms with Crippen LogP contribution in [0.25, 0.3) is 93.7 Å². The Kier molecular flexibility index (Phi) is 6.01. The highest BCUT2D eigenvalue weighted by atomic mass is 15.2. The van der Waals surface area contributed by atoms with Gasteiger partial charge in [-0.2, -0.15) is 0 Å². The number of nitrogens with zero attached hydrogens (tertiary/aromatic N) is 3. The SMILES string of the molecule is CC1(C)c2ccccc2-c2c1c1ccccc1c1c3ccccc3n(-c3nc(-c4ccc(-c5ccc6ccccc6c5)cc4)c4ccccc4n3)c21. The van der Waals surface area contributed by atoms with Gasteiger partial charge in [0.15, 0.2) is 0 Å². The van der Waals surface area contributed by atoms with Gasteiger partial charge in [-0.3, -0.25) is 4.57 Å². The van der Waals surface area contributed by atoms with Gasteiger partial charge in [-0.25, -0.2) is 9.97 Å². The van der Waals surface area contributed by atoms with E-state index in [4.69, 9.17) is 9.97 Å². The maximum Gasteiger partial charge on any atom is 0.235 e. The molecule has 2 aromatic heterocycles. The van der Waals surface area contributed by atoms with Gasteiger partial charge in [-0.1, -0.05) is 159 Å². The van der Waals surface area contributed by atoms with E-state index in [2.05, 4.69) is 182 Å². The summed E-state index contributed by atoms with van der Waals surface area (Å²) in [6.07, 6.45) is 0. The van der Waals surface area contributed by atoms with Crippen LogP contribution in [-0.2, 0) is 5.41 Å². The Balaban J connectivity index is 1.20. The second kappa shape index (κ2) is 10.7. The molecule has 0 spiro atoms. The van der Waals surface area contributed by atoms with Crippen molar-refractivity contribution in [1.82, 2.24) is 14.5 Å². The lowest BCUT2D eigenvalue weighted by molar-refractivity contribution is 0.666. The first-order chi connectivity index (χ1) is 25.6. The van der Waals surface area contributed by atoms with E-state index in [1.165, 1.54) is 71.2 Å². The molecule has 0 saturated heterocycles. The third-order valence-corrected chi connectivity index (χ3v) is 11.4. The molecule has 3 heteroatoms. The molecule has 0 aliphatic heterocycles. The van der Waals surface area contributed by atoms with E-state index in [9.17, 15) is 0 Å². The Hall–Kier alpha value is -6.58. The maximum atomic E-state index is 5.51. The van der Waals surface area contributed by atoms with E-state index in [1.807, 2.05) is 0 Å². The summed E-state index contributed by atoms with van der Waals surface area (Å²) in [5, 5.41) is 8.54. The van der Waals surface area contributed by atoms with Crippen LogP contribution in [0, 0.1) is 0 Å². The quantitative estimate of drug-likeness (QED) is 0.188. The number of aromatic nitrogens is 3. The van der Waals surface area contributed by atoms with Crippen molar-refractivity contribution in [2.45, 2.75) is 19.3 Å². The average molecular weight is 664 g/mol. The van der Waals surface area contributed by atoms with E-state index >= 15 is 0 Å². The lowest BCUT2D eigenvalue weighted by Crippen LogP contribution is -2.15. The fourth-order valence-corrected chi connectivity index (χ4v) is 9.00. The summed E-state index contributed by atoms with van der Waals surface area (Å²) in [5.41, 5.74) is 12.7. The van der Waals surface area contributed by atoms with Gasteiger partial charge in [-0.05, 0) is 67.6 Å². The summed E-state index contributed by atoms with van der Waals surface area (Å²) in [7, 11) is 0. The minimum absolute atomic E-state index is 0.177. The van der Waals surface area contributed by atoms with Gasteiger partial charge >= 0.3 is 0 Å². The summed E-state index contributed by atoms with van der Waals surface area (Å²) in [5.74, 6) is 0.679. The largest absolute Gasteiger partial charge is 0.277 e. The van der Waals surface area contributed by atoms with Crippen molar-refractivity contribution < 1.29 is 0 Å². The Labute approximate surface area is 301 Å². The van der Waals surface area contributed by atoms with Gasteiger partial charge in [0.1, 0.15) is 0 Å². The molecule has 10 aromatic rings. The lowest BCUT2D eigenvalue weighted by atomic mass is 9.79. The Bertz CT molecular complexity index is 3090. The first kappa shape index (κ1) is 29.2. The van der Waals surface area contributed by atoms with Crippen molar-refractivity contribution in [1.29, 1.82) is 0 Å². The molecule has 0 amide bonds. The van der Waals surface area contributed by atoms with Crippen LogP contribution in [0.3, 0.4) is 0 Å². The van der Waals surface area contributed by atoms with Crippen molar-refractivity contribution >= 4 is 54.3 Å². The summed E-state index contributed by atoms with van der Waals surface area (Å²) >= 11 is 0. The highest BCUT2D eigenvalue weighted by molar-refractivity contribution is 6.27. The molecule has 2 heterocycles. The van der Waals surface area contributed by atoms with E-state index in [0.29, 0.717) is 5.95 Å². The van der Waals surface area contributed by atoms with Gasteiger partial charge < -0.3 is 0 Å². The van der Waals surface area contributed by atoms with Crippen LogP contribution >= 0.6 is 0 Å². The molecule has 52 heavy (non-hydrogen) atoms. The highest BCUT2D eigenvalue weighted by Crippen LogP contribution is 2.56. The van der Waals surface area contributed by atoms with Gasteiger partial charge in [0, 0.05) is 32.7 Å². The Morgan fingerprint density at radius 2 is 1.13 bits per heavy atom. The first-order valence-corrected chi connectivity index (χ1v) is 18.0. The van der Waals surface area contributed by atoms with Crippen LogP contribution in [0.4, 0.5) is 0 Å². The van der Waals surface area contributed by atoms with Gasteiger partial charge in [-0.15, -0.1) is 0 Å².